The van der Waals surface area contributed by atoms with E-state index in [-0.39, 0.29) is 5.91 Å². The van der Waals surface area contributed by atoms with E-state index in [1.54, 1.807) is 0 Å². The first-order valence-corrected chi connectivity index (χ1v) is 12.3. The second-order valence-electron chi connectivity index (χ2n) is 8.40. The number of pyridine rings is 1. The zero-order valence-corrected chi connectivity index (χ0v) is 19.8. The van der Waals surface area contributed by atoms with Crippen LogP contribution in [0, 0.1) is 6.92 Å². The Morgan fingerprint density at radius 2 is 1.51 bits per heavy atom. The third-order valence-electron chi connectivity index (χ3n) is 6.18. The number of hydrogen-bond donors (Lipinski definition) is 1. The van der Waals surface area contributed by atoms with Crippen LogP contribution in [0.25, 0.3) is 44.2 Å². The van der Waals surface area contributed by atoms with E-state index < -0.39 is 0 Å². The first-order chi connectivity index (χ1) is 17.2. The minimum Gasteiger partial charge on any atom is -0.298 e. The van der Waals surface area contributed by atoms with Gasteiger partial charge in [0.05, 0.1) is 22.5 Å². The Morgan fingerprint density at radius 1 is 0.771 bits per heavy atom. The topological polar surface area (TPSA) is 54.9 Å². The summed E-state index contributed by atoms with van der Waals surface area (Å²) in [6.07, 6.45) is 0. The fourth-order valence-electron chi connectivity index (χ4n) is 4.45. The maximum absolute atomic E-state index is 13.6. The van der Waals surface area contributed by atoms with Crippen LogP contribution < -0.4 is 5.32 Å². The molecule has 2 aromatic heterocycles. The van der Waals surface area contributed by atoms with E-state index in [2.05, 4.69) is 35.6 Å². The molecule has 0 aliphatic heterocycles. The largest absolute Gasteiger partial charge is 0.298 e. The van der Waals surface area contributed by atoms with Crippen molar-refractivity contribution < 1.29 is 4.79 Å². The first-order valence-electron chi connectivity index (χ1n) is 11.4. The van der Waals surface area contributed by atoms with E-state index in [0.29, 0.717) is 10.7 Å². The summed E-state index contributed by atoms with van der Waals surface area (Å²) in [5.41, 5.74) is 5.92. The van der Waals surface area contributed by atoms with Crippen molar-refractivity contribution in [3.63, 3.8) is 0 Å². The van der Waals surface area contributed by atoms with E-state index in [0.717, 1.165) is 44.4 Å². The summed E-state index contributed by atoms with van der Waals surface area (Å²) in [6.45, 7) is 1.96. The number of nitrogens with zero attached hydrogens (tertiary/aromatic N) is 2. The molecule has 0 aliphatic carbocycles. The average Bonchev–Trinajstić information content (AvgIpc) is 3.37. The van der Waals surface area contributed by atoms with E-state index in [1.165, 1.54) is 16.7 Å². The molecule has 1 amide bonds. The lowest BCUT2D eigenvalue weighted by Crippen LogP contribution is -2.15. The number of hydrogen-bond acceptors (Lipinski definition) is 4. The number of aromatic nitrogens is 2. The molecular formula is C30H21N3OS. The lowest BCUT2D eigenvalue weighted by molar-refractivity contribution is 0.102. The monoisotopic (exact) mass is 471 g/mol. The van der Waals surface area contributed by atoms with Crippen molar-refractivity contribution in [2.45, 2.75) is 6.92 Å². The highest BCUT2D eigenvalue weighted by molar-refractivity contribution is 7.14. The van der Waals surface area contributed by atoms with E-state index in [1.807, 2.05) is 79.0 Å². The van der Waals surface area contributed by atoms with Crippen LogP contribution >= 0.6 is 11.3 Å². The Kier molecular flexibility index (Phi) is 5.32. The minimum absolute atomic E-state index is 0.183. The molecule has 168 valence electrons. The minimum atomic E-state index is -0.183. The highest BCUT2D eigenvalue weighted by Crippen LogP contribution is 2.32. The number of nitrogens with one attached hydrogen (secondary N) is 1. The maximum Gasteiger partial charge on any atom is 0.258 e. The molecule has 2 heterocycles. The standard InChI is InChI=1S/C30H21N3OS/c1-19-27(24-13-7-8-14-25(24)31-28(19)21-10-3-2-4-11-21)29(34)33-30-32-26(18-35-30)23-16-15-20-9-5-6-12-22(20)17-23/h2-18H,1H3,(H,32,33,34). The number of carbonyl (C=O) groups excluding carboxylic acids is 1. The molecule has 0 bridgehead atoms. The average molecular weight is 472 g/mol. The summed E-state index contributed by atoms with van der Waals surface area (Å²) >= 11 is 1.43. The maximum atomic E-state index is 13.6. The lowest BCUT2D eigenvalue weighted by Gasteiger charge is -2.14. The summed E-state index contributed by atoms with van der Waals surface area (Å²) in [5, 5.41) is 8.77. The lowest BCUT2D eigenvalue weighted by atomic mass is 9.97. The van der Waals surface area contributed by atoms with Crippen LogP contribution in [0.4, 0.5) is 5.13 Å². The predicted octanol–water partition coefficient (Wildman–Crippen LogP) is 7.74. The highest BCUT2D eigenvalue weighted by atomic mass is 32.1. The van der Waals surface area contributed by atoms with Gasteiger partial charge in [-0.2, -0.15) is 0 Å². The third-order valence-corrected chi connectivity index (χ3v) is 6.94. The van der Waals surface area contributed by atoms with Gasteiger partial charge in [0.15, 0.2) is 5.13 Å². The molecule has 0 aliphatic rings. The van der Waals surface area contributed by atoms with Gasteiger partial charge in [-0.1, -0.05) is 84.9 Å². The van der Waals surface area contributed by atoms with Crippen molar-refractivity contribution in [2.24, 2.45) is 0 Å². The number of rotatable bonds is 4. The Bertz CT molecular complexity index is 1710. The summed E-state index contributed by atoms with van der Waals surface area (Å²) in [4.78, 5) is 23.2. The van der Waals surface area contributed by atoms with Gasteiger partial charge in [0.2, 0.25) is 0 Å². The van der Waals surface area contributed by atoms with E-state index in [9.17, 15) is 4.79 Å². The SMILES string of the molecule is Cc1c(-c2ccccc2)nc2ccccc2c1C(=O)Nc1nc(-c2ccc3ccccc3c2)cs1. The fraction of sp³-hybridized carbons (Fsp3) is 0.0333. The van der Waals surface area contributed by atoms with Gasteiger partial charge in [-0.25, -0.2) is 9.97 Å². The van der Waals surface area contributed by atoms with Gasteiger partial charge in [0.25, 0.3) is 5.91 Å². The normalized spacial score (nSPS) is 11.1. The molecule has 0 radical (unpaired) electrons. The number of carbonyl (C=O) groups is 1. The number of benzene rings is 4. The summed E-state index contributed by atoms with van der Waals surface area (Å²) < 4.78 is 0. The zero-order chi connectivity index (χ0) is 23.8. The van der Waals surface area contributed by atoms with Gasteiger partial charge in [-0.3, -0.25) is 10.1 Å². The van der Waals surface area contributed by atoms with Crippen LogP contribution in [-0.4, -0.2) is 15.9 Å². The first kappa shape index (κ1) is 21.2. The molecule has 0 atom stereocenters. The number of anilines is 1. The number of thiazole rings is 1. The quantitative estimate of drug-likeness (QED) is 0.286. The molecule has 0 saturated heterocycles. The Morgan fingerprint density at radius 3 is 2.37 bits per heavy atom. The molecule has 6 rings (SSSR count). The molecule has 4 aromatic carbocycles. The summed E-state index contributed by atoms with van der Waals surface area (Å²) in [7, 11) is 0. The molecule has 0 unspecified atom stereocenters. The molecule has 1 N–H and O–H groups in total. The summed E-state index contributed by atoms with van der Waals surface area (Å²) in [6, 6.07) is 32.3. The Hall–Kier alpha value is -4.35. The summed E-state index contributed by atoms with van der Waals surface area (Å²) in [5.74, 6) is -0.183. The Balaban J connectivity index is 1.37. The van der Waals surface area contributed by atoms with Gasteiger partial charge in [-0.15, -0.1) is 11.3 Å². The van der Waals surface area contributed by atoms with Crippen molar-refractivity contribution in [3.8, 4) is 22.5 Å². The van der Waals surface area contributed by atoms with Crippen LogP contribution in [0.2, 0.25) is 0 Å². The van der Waals surface area contributed by atoms with Crippen molar-refractivity contribution in [1.82, 2.24) is 9.97 Å². The van der Waals surface area contributed by atoms with Crippen LogP contribution in [0.15, 0.2) is 102 Å². The van der Waals surface area contributed by atoms with Crippen LogP contribution in [-0.2, 0) is 0 Å². The molecule has 6 aromatic rings. The molecule has 0 saturated carbocycles. The van der Waals surface area contributed by atoms with Crippen LogP contribution in [0.1, 0.15) is 15.9 Å². The molecule has 0 spiro atoms. The predicted molar refractivity (Wildman–Crippen MR) is 145 cm³/mol. The second kappa shape index (κ2) is 8.78. The van der Waals surface area contributed by atoms with Gasteiger partial charge < -0.3 is 0 Å². The van der Waals surface area contributed by atoms with Gasteiger partial charge >= 0.3 is 0 Å². The molecule has 4 nitrogen and oxygen atoms in total. The molecule has 35 heavy (non-hydrogen) atoms. The van der Waals surface area contributed by atoms with Crippen LogP contribution in [0.3, 0.4) is 0 Å². The van der Waals surface area contributed by atoms with Crippen LogP contribution in [0.5, 0.6) is 0 Å². The molecular weight excluding hydrogens is 450 g/mol. The van der Waals surface area contributed by atoms with E-state index >= 15 is 0 Å². The van der Waals surface area contributed by atoms with Gasteiger partial charge in [-0.05, 0) is 35.4 Å². The highest BCUT2D eigenvalue weighted by Gasteiger charge is 2.20. The zero-order valence-electron chi connectivity index (χ0n) is 19.0. The van der Waals surface area contributed by atoms with Crippen molar-refractivity contribution in [2.75, 3.05) is 5.32 Å². The second-order valence-corrected chi connectivity index (χ2v) is 9.26. The third kappa shape index (κ3) is 3.96. The molecule has 5 heteroatoms. The number of fused-ring (bicyclic) bond motifs is 2. The fourth-order valence-corrected chi connectivity index (χ4v) is 5.16. The number of para-hydroxylation sites is 1. The van der Waals surface area contributed by atoms with Gasteiger partial charge in [0, 0.05) is 21.9 Å². The van der Waals surface area contributed by atoms with E-state index in [4.69, 9.17) is 9.97 Å². The smallest absolute Gasteiger partial charge is 0.258 e. The van der Waals surface area contributed by atoms with Crippen molar-refractivity contribution in [3.05, 3.63) is 114 Å². The molecule has 0 fully saturated rings. The van der Waals surface area contributed by atoms with Gasteiger partial charge in [0.1, 0.15) is 0 Å². The Labute approximate surface area is 206 Å². The van der Waals surface area contributed by atoms with Crippen molar-refractivity contribution >= 4 is 44.1 Å². The number of amides is 1. The van der Waals surface area contributed by atoms with Crippen molar-refractivity contribution in [1.29, 1.82) is 0 Å².